The molecule has 1 amide bonds. The molecule has 2 aromatic carbocycles. The van der Waals surface area contributed by atoms with Crippen LogP contribution in [-0.2, 0) is 28.4 Å². The number of amides is 1. The van der Waals surface area contributed by atoms with Gasteiger partial charge in [0.1, 0.15) is 17.2 Å². The number of nitrogens with one attached hydrogen (secondary N) is 1. The molecule has 0 spiro atoms. The molecule has 2 atom stereocenters. The van der Waals surface area contributed by atoms with Gasteiger partial charge in [-0.3, -0.25) is 19.8 Å². The Morgan fingerprint density at radius 1 is 1.02 bits per heavy atom. The maximum Gasteiger partial charge on any atom is 0.423 e. The van der Waals surface area contributed by atoms with Gasteiger partial charge in [-0.25, -0.2) is 4.98 Å². The van der Waals surface area contributed by atoms with E-state index in [1.807, 2.05) is 13.8 Å². The number of hydrogen-bond acceptors (Lipinski definition) is 8. The molecule has 0 unspecified atom stereocenters. The molecule has 9 nitrogen and oxygen atoms in total. The smallest absolute Gasteiger partial charge is 0.382 e. The summed E-state index contributed by atoms with van der Waals surface area (Å²) in [5, 5.41) is 14.7. The Morgan fingerprint density at radius 3 is 2.39 bits per heavy atom. The molecule has 1 saturated carbocycles. The standard InChI is InChI=1S/C30H33F6N5O4S/c1-17-14-40(18(2)13-39(17)15-27-38-24-11-19(29(31,32)33)3-10-26(24)46-27)28(42)16-45-22-7-4-20(5-8-22)37-21-6-9-25(41(43)44)23(12-21)30(34,35)36/h3,6,9-12,17-18,20,22,37H,4-5,7-8,13-16H2,1-2H3/t17-,18+,20?,22?/m0/s1. The Balaban J connectivity index is 1.08. The maximum absolute atomic E-state index is 13.3. The van der Waals surface area contributed by atoms with E-state index in [1.165, 1.54) is 23.5 Å². The fraction of sp³-hybridized carbons (Fsp3) is 0.533. The van der Waals surface area contributed by atoms with Crippen molar-refractivity contribution in [2.24, 2.45) is 0 Å². The number of rotatable bonds is 8. The number of piperazine rings is 1. The lowest BCUT2D eigenvalue weighted by molar-refractivity contribution is -0.388. The predicted octanol–water partition coefficient (Wildman–Crippen LogP) is 7.10. The van der Waals surface area contributed by atoms with Gasteiger partial charge in [-0.2, -0.15) is 26.3 Å². The van der Waals surface area contributed by atoms with Crippen molar-refractivity contribution in [1.29, 1.82) is 0 Å². The quantitative estimate of drug-likeness (QED) is 0.155. The molecule has 1 saturated heterocycles. The van der Waals surface area contributed by atoms with Crippen molar-refractivity contribution in [3.8, 4) is 0 Å². The van der Waals surface area contributed by atoms with Gasteiger partial charge in [0.05, 0.1) is 33.4 Å². The lowest BCUT2D eigenvalue weighted by atomic mass is 9.92. The molecular formula is C30H33F6N5O4S. The summed E-state index contributed by atoms with van der Waals surface area (Å²) in [6.45, 7) is 5.29. The van der Waals surface area contributed by atoms with Crippen LogP contribution in [0.5, 0.6) is 0 Å². The van der Waals surface area contributed by atoms with Crippen molar-refractivity contribution in [2.45, 2.75) is 82.7 Å². The largest absolute Gasteiger partial charge is 0.423 e. The number of alkyl halides is 6. The third-order valence-electron chi connectivity index (χ3n) is 8.52. The van der Waals surface area contributed by atoms with Gasteiger partial charge in [0.15, 0.2) is 0 Å². The molecule has 46 heavy (non-hydrogen) atoms. The fourth-order valence-electron chi connectivity index (χ4n) is 6.05. The summed E-state index contributed by atoms with van der Waals surface area (Å²) in [7, 11) is 0. The molecule has 1 aromatic heterocycles. The van der Waals surface area contributed by atoms with Crippen molar-refractivity contribution in [1.82, 2.24) is 14.8 Å². The number of carbonyl (C=O) groups excluding carboxylic acids is 1. The van der Waals surface area contributed by atoms with Crippen LogP contribution in [0, 0.1) is 10.1 Å². The van der Waals surface area contributed by atoms with Crippen LogP contribution in [0.4, 0.5) is 37.7 Å². The Labute approximate surface area is 264 Å². The Hall–Kier alpha value is -3.50. The summed E-state index contributed by atoms with van der Waals surface area (Å²) in [6, 6.07) is 6.15. The maximum atomic E-state index is 13.3. The van der Waals surface area contributed by atoms with Crippen molar-refractivity contribution in [2.75, 3.05) is 25.0 Å². The summed E-state index contributed by atoms with van der Waals surface area (Å²) < 4.78 is 85.8. The van der Waals surface area contributed by atoms with Crippen LogP contribution in [0.25, 0.3) is 10.2 Å². The molecule has 5 rings (SSSR count). The average Bonchev–Trinajstić information content (AvgIpc) is 3.39. The number of ether oxygens (including phenoxy) is 1. The number of hydrogen-bond donors (Lipinski definition) is 1. The second-order valence-electron chi connectivity index (χ2n) is 11.9. The third kappa shape index (κ3) is 7.89. The number of benzene rings is 2. The van der Waals surface area contributed by atoms with Crippen LogP contribution in [0.1, 0.15) is 55.7 Å². The van der Waals surface area contributed by atoms with Gasteiger partial charge in [0.2, 0.25) is 5.91 Å². The lowest BCUT2D eigenvalue weighted by Gasteiger charge is -2.44. The van der Waals surface area contributed by atoms with Crippen LogP contribution in [0.3, 0.4) is 0 Å². The van der Waals surface area contributed by atoms with Gasteiger partial charge in [0, 0.05) is 43.0 Å². The van der Waals surface area contributed by atoms with Crippen molar-refractivity contribution < 1.29 is 40.8 Å². The lowest BCUT2D eigenvalue weighted by Crippen LogP contribution is -2.58. The molecule has 2 heterocycles. The highest BCUT2D eigenvalue weighted by Gasteiger charge is 2.39. The van der Waals surface area contributed by atoms with Crippen molar-refractivity contribution in [3.63, 3.8) is 0 Å². The number of aromatic nitrogens is 1. The third-order valence-corrected chi connectivity index (χ3v) is 9.54. The molecule has 3 aromatic rings. The zero-order chi connectivity index (χ0) is 33.4. The van der Waals surface area contributed by atoms with Crippen LogP contribution < -0.4 is 5.32 Å². The zero-order valence-corrected chi connectivity index (χ0v) is 25.8. The second kappa shape index (κ2) is 13.3. The van der Waals surface area contributed by atoms with Crippen LogP contribution in [-0.4, -0.2) is 69.5 Å². The van der Waals surface area contributed by atoms with Gasteiger partial charge in [-0.15, -0.1) is 11.3 Å². The number of thiazole rings is 1. The monoisotopic (exact) mass is 673 g/mol. The molecule has 2 aliphatic rings. The molecule has 0 radical (unpaired) electrons. The van der Waals surface area contributed by atoms with Gasteiger partial charge in [0.25, 0.3) is 5.69 Å². The van der Waals surface area contributed by atoms with E-state index >= 15 is 0 Å². The Bertz CT molecular complexity index is 1570. The van der Waals surface area contributed by atoms with Gasteiger partial charge in [-0.05, 0) is 69.9 Å². The number of nitro groups is 1. The number of anilines is 1. The van der Waals surface area contributed by atoms with E-state index in [0.29, 0.717) is 60.5 Å². The minimum Gasteiger partial charge on any atom is -0.382 e. The first-order valence-corrected chi connectivity index (χ1v) is 15.6. The summed E-state index contributed by atoms with van der Waals surface area (Å²) >= 11 is 1.35. The van der Waals surface area contributed by atoms with Crippen molar-refractivity contribution >= 4 is 38.8 Å². The minimum absolute atomic E-state index is 0.0169. The highest BCUT2D eigenvalue weighted by Crippen LogP contribution is 2.38. The molecule has 1 aliphatic heterocycles. The number of fused-ring (bicyclic) bond motifs is 1. The Kier molecular flexibility index (Phi) is 9.80. The summed E-state index contributed by atoms with van der Waals surface area (Å²) in [6.07, 6.45) is -7.11. The SMILES string of the molecule is C[C@@H]1CN(Cc2nc3cc(C(F)(F)F)ccc3s2)[C@@H](C)CN1C(=O)COC1CCC(Nc2ccc([N+](=O)[O-])c(C(F)(F)F)c2)CC1. The van der Waals surface area contributed by atoms with Gasteiger partial charge < -0.3 is 15.0 Å². The number of nitro benzene ring substituents is 1. The van der Waals surface area contributed by atoms with Crippen LogP contribution in [0.2, 0.25) is 0 Å². The van der Waals surface area contributed by atoms with Crippen LogP contribution in [0.15, 0.2) is 36.4 Å². The molecular weight excluding hydrogens is 640 g/mol. The molecule has 250 valence electrons. The number of nitrogens with zero attached hydrogens (tertiary/aromatic N) is 4. The molecule has 1 N–H and O–H groups in total. The van der Waals surface area contributed by atoms with E-state index in [4.69, 9.17) is 4.74 Å². The summed E-state index contributed by atoms with van der Waals surface area (Å²) in [4.78, 5) is 31.4. The topological polar surface area (TPSA) is 101 Å². The first-order chi connectivity index (χ1) is 21.6. The highest BCUT2D eigenvalue weighted by atomic mass is 32.1. The average molecular weight is 674 g/mol. The minimum atomic E-state index is -4.86. The second-order valence-corrected chi connectivity index (χ2v) is 13.0. The van der Waals surface area contributed by atoms with Crippen LogP contribution >= 0.6 is 11.3 Å². The number of halogens is 6. The normalized spacial score (nSPS) is 23.1. The van der Waals surface area contributed by atoms with E-state index in [0.717, 1.165) is 24.3 Å². The van der Waals surface area contributed by atoms with E-state index in [2.05, 4.69) is 15.2 Å². The highest BCUT2D eigenvalue weighted by molar-refractivity contribution is 7.18. The van der Waals surface area contributed by atoms with Gasteiger partial charge >= 0.3 is 12.4 Å². The van der Waals surface area contributed by atoms with Crippen molar-refractivity contribution in [3.05, 3.63) is 62.6 Å². The van der Waals surface area contributed by atoms with E-state index < -0.39 is 34.1 Å². The molecule has 2 fully saturated rings. The molecule has 1 aliphatic carbocycles. The van der Waals surface area contributed by atoms with E-state index in [9.17, 15) is 41.3 Å². The predicted molar refractivity (Wildman–Crippen MR) is 159 cm³/mol. The zero-order valence-electron chi connectivity index (χ0n) is 25.0. The summed E-state index contributed by atoms with van der Waals surface area (Å²) in [5.74, 6) is -0.149. The van der Waals surface area contributed by atoms with Gasteiger partial charge in [-0.1, -0.05) is 0 Å². The van der Waals surface area contributed by atoms with E-state index in [1.54, 1.807) is 4.90 Å². The Morgan fingerprint density at radius 2 is 1.74 bits per heavy atom. The first kappa shape index (κ1) is 33.9. The first-order valence-electron chi connectivity index (χ1n) is 14.8. The molecule has 0 bridgehead atoms. The fourth-order valence-corrected chi connectivity index (χ4v) is 7.03. The summed E-state index contributed by atoms with van der Waals surface area (Å²) in [5.41, 5.74) is -2.57. The number of carbonyl (C=O) groups is 1. The van der Waals surface area contributed by atoms with E-state index in [-0.39, 0.29) is 42.4 Å². The molecule has 16 heteroatoms.